The lowest BCUT2D eigenvalue weighted by Gasteiger charge is -2.07. The van der Waals surface area contributed by atoms with Crippen molar-refractivity contribution >= 4 is 17.4 Å². The Morgan fingerprint density at radius 2 is 1.92 bits per heavy atom. The van der Waals surface area contributed by atoms with E-state index < -0.39 is 0 Å². The number of benzene rings is 1. The summed E-state index contributed by atoms with van der Waals surface area (Å²) in [6, 6.07) is 5.76. The van der Waals surface area contributed by atoms with Crippen LogP contribution in [-0.4, -0.2) is 46.6 Å². The fourth-order valence-corrected chi connectivity index (χ4v) is 2.80. The maximum Gasteiger partial charge on any atom is 0.182 e. The highest BCUT2D eigenvalue weighted by molar-refractivity contribution is 6.12. The van der Waals surface area contributed by atoms with Gasteiger partial charge in [-0.2, -0.15) is 5.10 Å². The molecule has 0 bridgehead atoms. The number of fused-ring (bicyclic) bond motifs is 1. The van der Waals surface area contributed by atoms with Crippen LogP contribution in [0, 0.1) is 0 Å². The molecule has 0 aliphatic carbocycles. The van der Waals surface area contributed by atoms with Crippen LogP contribution in [0.15, 0.2) is 41.7 Å². The van der Waals surface area contributed by atoms with Gasteiger partial charge in [0.15, 0.2) is 11.5 Å². The minimum Gasteiger partial charge on any atom is -0.497 e. The Kier molecular flexibility index (Phi) is 3.89. The molecule has 0 saturated carbocycles. The van der Waals surface area contributed by atoms with Gasteiger partial charge in [0.25, 0.3) is 0 Å². The number of hydrogen-bond donors (Lipinski definition) is 0. The standard InChI is InChI=1S/C18H17N5O2/c1-24-14-7-12(8-15(10-14)25-2)9-16-21-18-17(13-3-4-19-11-13)20-5-6-23(18)22-16/h3,5-8,10-11H,4,9H2,1-2H3. The van der Waals surface area contributed by atoms with Crippen LogP contribution in [0.5, 0.6) is 11.5 Å². The molecule has 0 unspecified atom stereocenters. The Morgan fingerprint density at radius 3 is 2.60 bits per heavy atom. The van der Waals surface area contributed by atoms with Gasteiger partial charge in [-0.25, -0.2) is 9.50 Å². The van der Waals surface area contributed by atoms with Crippen LogP contribution >= 0.6 is 0 Å². The van der Waals surface area contributed by atoms with Crippen molar-refractivity contribution in [2.45, 2.75) is 6.42 Å². The first kappa shape index (κ1) is 15.3. The Bertz CT molecular complexity index is 968. The molecule has 25 heavy (non-hydrogen) atoms. The Morgan fingerprint density at radius 1 is 1.12 bits per heavy atom. The largest absolute Gasteiger partial charge is 0.497 e. The minimum atomic E-state index is 0.571. The molecule has 126 valence electrons. The van der Waals surface area contributed by atoms with Crippen LogP contribution in [0.2, 0.25) is 0 Å². The normalized spacial score (nSPS) is 13.3. The third kappa shape index (κ3) is 2.96. The SMILES string of the molecule is COc1cc(Cc2nc3c(C4=CCN=C4)nccn3n2)cc(OC)c1. The van der Waals surface area contributed by atoms with Crippen molar-refractivity contribution < 1.29 is 9.47 Å². The van der Waals surface area contributed by atoms with E-state index in [2.05, 4.69) is 20.1 Å². The van der Waals surface area contributed by atoms with Crippen molar-refractivity contribution in [2.24, 2.45) is 4.99 Å². The summed E-state index contributed by atoms with van der Waals surface area (Å²) in [6.07, 6.45) is 7.95. The van der Waals surface area contributed by atoms with Gasteiger partial charge < -0.3 is 9.47 Å². The zero-order valence-corrected chi connectivity index (χ0v) is 14.0. The van der Waals surface area contributed by atoms with Crippen molar-refractivity contribution in [1.29, 1.82) is 0 Å². The molecule has 0 atom stereocenters. The molecule has 7 nitrogen and oxygen atoms in total. The van der Waals surface area contributed by atoms with Gasteiger partial charge >= 0.3 is 0 Å². The molecule has 0 N–H and O–H groups in total. The smallest absolute Gasteiger partial charge is 0.182 e. The van der Waals surface area contributed by atoms with E-state index in [-0.39, 0.29) is 0 Å². The van der Waals surface area contributed by atoms with E-state index in [4.69, 9.17) is 9.47 Å². The first-order valence-electron chi connectivity index (χ1n) is 7.89. The van der Waals surface area contributed by atoms with Crippen LogP contribution in [0.3, 0.4) is 0 Å². The molecule has 0 fully saturated rings. The fourth-order valence-electron chi connectivity index (χ4n) is 2.80. The zero-order chi connectivity index (χ0) is 17.2. The lowest BCUT2D eigenvalue weighted by Crippen LogP contribution is -1.96. The monoisotopic (exact) mass is 335 g/mol. The number of allylic oxidation sites excluding steroid dienone is 1. The summed E-state index contributed by atoms with van der Waals surface area (Å²) < 4.78 is 12.4. The summed E-state index contributed by atoms with van der Waals surface area (Å²) >= 11 is 0. The van der Waals surface area contributed by atoms with Gasteiger partial charge in [0.1, 0.15) is 17.2 Å². The van der Waals surface area contributed by atoms with Crippen LogP contribution in [0.25, 0.3) is 11.2 Å². The van der Waals surface area contributed by atoms with E-state index in [0.29, 0.717) is 18.8 Å². The van der Waals surface area contributed by atoms with E-state index in [1.165, 1.54) is 0 Å². The maximum atomic E-state index is 5.32. The van der Waals surface area contributed by atoms with Crippen LogP contribution in [-0.2, 0) is 6.42 Å². The summed E-state index contributed by atoms with van der Waals surface area (Å²) in [7, 11) is 3.27. The number of rotatable bonds is 5. The quantitative estimate of drug-likeness (QED) is 0.714. The zero-order valence-electron chi connectivity index (χ0n) is 14.0. The molecular weight excluding hydrogens is 318 g/mol. The van der Waals surface area contributed by atoms with Gasteiger partial charge in [-0.15, -0.1) is 0 Å². The van der Waals surface area contributed by atoms with E-state index in [1.54, 1.807) is 31.1 Å². The average Bonchev–Trinajstić information content (AvgIpc) is 3.30. The molecule has 3 heterocycles. The second-order valence-corrected chi connectivity index (χ2v) is 5.62. The molecule has 2 aromatic heterocycles. The molecule has 0 radical (unpaired) electrons. The molecule has 7 heteroatoms. The summed E-state index contributed by atoms with van der Waals surface area (Å²) in [6.45, 7) is 0.683. The lowest BCUT2D eigenvalue weighted by molar-refractivity contribution is 0.393. The van der Waals surface area contributed by atoms with Gasteiger partial charge in [0.2, 0.25) is 0 Å². The second-order valence-electron chi connectivity index (χ2n) is 5.62. The highest BCUT2D eigenvalue weighted by Crippen LogP contribution is 2.24. The highest BCUT2D eigenvalue weighted by atomic mass is 16.5. The van der Waals surface area contributed by atoms with Gasteiger partial charge in [-0.05, 0) is 17.7 Å². The van der Waals surface area contributed by atoms with Crippen molar-refractivity contribution in [2.75, 3.05) is 20.8 Å². The first-order valence-corrected chi connectivity index (χ1v) is 7.89. The van der Waals surface area contributed by atoms with Crippen molar-refractivity contribution in [1.82, 2.24) is 19.6 Å². The lowest BCUT2D eigenvalue weighted by atomic mass is 10.1. The van der Waals surface area contributed by atoms with Gasteiger partial charge in [-0.1, -0.05) is 6.08 Å². The Hall–Kier alpha value is -3.22. The van der Waals surface area contributed by atoms with E-state index in [1.807, 2.05) is 30.5 Å². The summed E-state index contributed by atoms with van der Waals surface area (Å²) in [5.74, 6) is 2.20. The van der Waals surface area contributed by atoms with Crippen molar-refractivity contribution in [3.8, 4) is 11.5 Å². The van der Waals surface area contributed by atoms with Gasteiger partial charge in [-0.3, -0.25) is 9.98 Å². The van der Waals surface area contributed by atoms with Gasteiger partial charge in [0, 0.05) is 36.7 Å². The van der Waals surface area contributed by atoms with Crippen LogP contribution in [0.1, 0.15) is 17.1 Å². The molecule has 1 aromatic carbocycles. The third-order valence-electron chi connectivity index (χ3n) is 3.99. The molecular formula is C18H17N5O2. The Balaban J connectivity index is 1.71. The molecule has 0 spiro atoms. The molecule has 3 aromatic rings. The molecule has 1 aliphatic heterocycles. The molecule has 1 aliphatic rings. The van der Waals surface area contributed by atoms with E-state index in [9.17, 15) is 0 Å². The number of aromatic nitrogens is 4. The number of nitrogens with zero attached hydrogens (tertiary/aromatic N) is 5. The predicted molar refractivity (Wildman–Crippen MR) is 94.5 cm³/mol. The second kappa shape index (κ2) is 6.35. The number of aliphatic imine (C=N–C) groups is 1. The molecule has 0 amide bonds. The fraction of sp³-hybridized carbons (Fsp3) is 0.222. The Labute approximate surface area is 144 Å². The first-order chi connectivity index (χ1) is 12.3. The predicted octanol–water partition coefficient (Wildman–Crippen LogP) is 2.20. The van der Waals surface area contributed by atoms with Crippen LogP contribution in [0.4, 0.5) is 0 Å². The van der Waals surface area contributed by atoms with Gasteiger partial charge in [0.05, 0.1) is 20.8 Å². The summed E-state index contributed by atoms with van der Waals surface area (Å²) in [4.78, 5) is 13.3. The minimum absolute atomic E-state index is 0.571. The van der Waals surface area contributed by atoms with Crippen LogP contribution < -0.4 is 9.47 Å². The van der Waals surface area contributed by atoms with Crippen molar-refractivity contribution in [3.05, 3.63) is 53.8 Å². The maximum absolute atomic E-state index is 5.32. The van der Waals surface area contributed by atoms with Crippen molar-refractivity contribution in [3.63, 3.8) is 0 Å². The third-order valence-corrected chi connectivity index (χ3v) is 3.99. The molecule has 4 rings (SSSR count). The topological polar surface area (TPSA) is 73.9 Å². The molecule has 0 saturated heterocycles. The number of hydrogen-bond acceptors (Lipinski definition) is 6. The van der Waals surface area contributed by atoms with E-state index in [0.717, 1.165) is 34.0 Å². The number of ether oxygens (including phenoxy) is 2. The average molecular weight is 335 g/mol. The highest BCUT2D eigenvalue weighted by Gasteiger charge is 2.14. The summed E-state index contributed by atoms with van der Waals surface area (Å²) in [5, 5.41) is 4.56. The van der Waals surface area contributed by atoms with E-state index >= 15 is 0 Å². The number of methoxy groups -OCH3 is 2. The summed E-state index contributed by atoms with van der Waals surface area (Å²) in [5.41, 5.74) is 3.52.